The number of hydrogen-bond donors (Lipinski definition) is 3. The number of aliphatic hydroxyl groups excluding tert-OH is 1. The van der Waals surface area contributed by atoms with E-state index in [-0.39, 0.29) is 35.9 Å². The molecule has 0 bridgehead atoms. The van der Waals surface area contributed by atoms with E-state index in [9.17, 15) is 9.90 Å². The molecular weight excluding hydrogens is 321 g/mol. The third-order valence-electron chi connectivity index (χ3n) is 3.44. The third-order valence-corrected chi connectivity index (χ3v) is 3.44. The molecule has 94 valence electrons. The lowest BCUT2D eigenvalue weighted by atomic mass is 10.1. The highest BCUT2D eigenvalue weighted by Gasteiger charge is 2.42. The van der Waals surface area contributed by atoms with Crippen molar-refractivity contribution >= 4 is 5.91 Å². The van der Waals surface area contributed by atoms with Gasteiger partial charge < -0.3 is 44.2 Å². The molecule has 16 heavy (non-hydrogen) atoms. The summed E-state index contributed by atoms with van der Waals surface area (Å²) in [6.45, 7) is 4.18. The molecule has 0 spiro atoms. The van der Waals surface area contributed by atoms with Gasteiger partial charge in [-0.15, -0.1) is 0 Å². The molecule has 2 aliphatic rings. The largest absolute Gasteiger partial charge is 1.00 e. The summed E-state index contributed by atoms with van der Waals surface area (Å²) >= 11 is 0. The number of carbonyl (C=O) groups is 1. The van der Waals surface area contributed by atoms with E-state index in [1.165, 1.54) is 0 Å². The second-order valence-electron chi connectivity index (χ2n) is 4.51. The van der Waals surface area contributed by atoms with Crippen molar-refractivity contribution in [1.29, 1.82) is 0 Å². The van der Waals surface area contributed by atoms with Crippen molar-refractivity contribution in [2.75, 3.05) is 39.8 Å². The van der Waals surface area contributed by atoms with Crippen LogP contribution in [0.15, 0.2) is 0 Å². The minimum absolute atomic E-state index is 0. The maximum absolute atomic E-state index is 12.1. The minimum Gasteiger partial charge on any atom is -1.00 e. The Morgan fingerprint density at radius 3 is 2.56 bits per heavy atom. The smallest absolute Gasteiger partial charge is 0.283 e. The number of nitrogens with one attached hydrogen (secondary N) is 2. The summed E-state index contributed by atoms with van der Waals surface area (Å²) in [4.78, 5) is 15.2. The maximum atomic E-state index is 12.1. The van der Waals surface area contributed by atoms with Crippen LogP contribution in [-0.2, 0) is 4.79 Å². The quantitative estimate of drug-likeness (QED) is 0.417. The molecule has 2 saturated heterocycles. The van der Waals surface area contributed by atoms with E-state index in [0.29, 0.717) is 0 Å². The molecule has 1 unspecified atom stereocenters. The lowest BCUT2D eigenvalue weighted by Crippen LogP contribution is -3.13. The van der Waals surface area contributed by atoms with E-state index in [0.717, 1.165) is 44.0 Å². The van der Waals surface area contributed by atoms with Gasteiger partial charge in [-0.05, 0) is 0 Å². The fourth-order valence-corrected chi connectivity index (χ4v) is 2.48. The first-order valence-corrected chi connectivity index (χ1v) is 5.70. The molecular formula is C10H20IN3O2. The van der Waals surface area contributed by atoms with Gasteiger partial charge in [0.15, 0.2) is 6.04 Å². The summed E-state index contributed by atoms with van der Waals surface area (Å²) in [7, 11) is 1.99. The van der Waals surface area contributed by atoms with E-state index >= 15 is 0 Å². The molecule has 0 aromatic heterocycles. The molecule has 0 aliphatic carbocycles. The van der Waals surface area contributed by atoms with Gasteiger partial charge in [0.1, 0.15) is 6.10 Å². The summed E-state index contributed by atoms with van der Waals surface area (Å²) in [5, 5.41) is 13.0. The second-order valence-corrected chi connectivity index (χ2v) is 4.51. The zero-order valence-corrected chi connectivity index (χ0v) is 11.7. The number of likely N-dealkylation sites (N-methyl/N-ethyl adjacent to an activating group) is 1. The lowest BCUT2D eigenvalue weighted by Gasteiger charge is -2.31. The van der Waals surface area contributed by atoms with Crippen LogP contribution in [-0.4, -0.2) is 67.8 Å². The Morgan fingerprint density at radius 2 is 2.06 bits per heavy atom. The Kier molecular flexibility index (Phi) is 5.42. The molecule has 2 fully saturated rings. The van der Waals surface area contributed by atoms with Crippen LogP contribution in [0.1, 0.15) is 6.42 Å². The first-order valence-electron chi connectivity index (χ1n) is 5.70. The van der Waals surface area contributed by atoms with Gasteiger partial charge in [0, 0.05) is 32.6 Å². The van der Waals surface area contributed by atoms with E-state index in [2.05, 4.69) is 5.32 Å². The fraction of sp³-hybridized carbons (Fsp3) is 0.900. The summed E-state index contributed by atoms with van der Waals surface area (Å²) in [6.07, 6.45) is 0.293. The predicted octanol–water partition coefficient (Wildman–Crippen LogP) is -5.93. The van der Waals surface area contributed by atoms with Crippen LogP contribution >= 0.6 is 0 Å². The van der Waals surface area contributed by atoms with E-state index in [1.54, 1.807) is 0 Å². The number of halogens is 1. The van der Waals surface area contributed by atoms with E-state index < -0.39 is 6.10 Å². The third kappa shape index (κ3) is 2.85. The first kappa shape index (κ1) is 14.1. The van der Waals surface area contributed by atoms with Crippen molar-refractivity contribution in [3.63, 3.8) is 0 Å². The molecule has 0 aromatic carbocycles. The van der Waals surface area contributed by atoms with Crippen molar-refractivity contribution in [1.82, 2.24) is 10.2 Å². The Morgan fingerprint density at radius 1 is 1.44 bits per heavy atom. The minimum atomic E-state index is -0.451. The summed E-state index contributed by atoms with van der Waals surface area (Å²) in [6, 6.07) is -0.233. The number of nitrogens with zero attached hydrogens (tertiary/aromatic N) is 1. The predicted molar refractivity (Wildman–Crippen MR) is 55.6 cm³/mol. The van der Waals surface area contributed by atoms with Gasteiger partial charge in [0.2, 0.25) is 0 Å². The molecule has 5 nitrogen and oxygen atoms in total. The molecule has 3 N–H and O–H groups in total. The van der Waals surface area contributed by atoms with Gasteiger partial charge in [-0.3, -0.25) is 4.79 Å². The molecule has 1 amide bonds. The molecule has 0 saturated carbocycles. The standard InChI is InChI=1S/C10H19N3O2.HI/c1-12-5-2-8(14)9(12)10(15)13-6-3-11-4-7-13;/h8-9,11,14H,2-7H2,1H3;1H/t8-,9-;/m0./s1. The molecule has 3 atom stereocenters. The summed E-state index contributed by atoms with van der Waals surface area (Å²) < 4.78 is 0. The number of quaternary nitrogens is 1. The number of piperazine rings is 1. The first-order chi connectivity index (χ1) is 7.20. The molecule has 6 heteroatoms. The zero-order valence-electron chi connectivity index (χ0n) is 9.58. The average molecular weight is 341 g/mol. The van der Waals surface area contributed by atoms with Crippen LogP contribution in [0.2, 0.25) is 0 Å². The Hall–Kier alpha value is 0.0800. The van der Waals surface area contributed by atoms with Crippen molar-refractivity contribution in [3.8, 4) is 0 Å². The monoisotopic (exact) mass is 341 g/mol. The summed E-state index contributed by atoms with van der Waals surface area (Å²) in [5.74, 6) is 0.124. The topological polar surface area (TPSA) is 57.0 Å². The van der Waals surface area contributed by atoms with Crippen LogP contribution < -0.4 is 34.2 Å². The Balaban J connectivity index is 0.00000128. The molecule has 0 radical (unpaired) electrons. The van der Waals surface area contributed by atoms with Crippen molar-refractivity contribution < 1.29 is 38.8 Å². The average Bonchev–Trinajstić information content (AvgIpc) is 2.59. The van der Waals surface area contributed by atoms with E-state index in [4.69, 9.17) is 0 Å². The molecule has 0 aromatic rings. The fourth-order valence-electron chi connectivity index (χ4n) is 2.48. The summed E-state index contributed by atoms with van der Waals surface area (Å²) in [5.41, 5.74) is 0. The normalized spacial score (nSPS) is 34.6. The van der Waals surface area contributed by atoms with Gasteiger partial charge in [-0.2, -0.15) is 0 Å². The Bertz CT molecular complexity index is 236. The van der Waals surface area contributed by atoms with Crippen molar-refractivity contribution in [2.24, 2.45) is 0 Å². The van der Waals surface area contributed by atoms with Gasteiger partial charge in [-0.25, -0.2) is 0 Å². The number of aliphatic hydroxyl groups is 1. The van der Waals surface area contributed by atoms with Crippen molar-refractivity contribution in [2.45, 2.75) is 18.6 Å². The molecule has 2 aliphatic heterocycles. The number of rotatable bonds is 1. The highest BCUT2D eigenvalue weighted by molar-refractivity contribution is 5.81. The Labute approximate surface area is 113 Å². The number of hydrogen-bond acceptors (Lipinski definition) is 3. The second kappa shape index (κ2) is 6.13. The maximum Gasteiger partial charge on any atom is 0.283 e. The molecule has 2 heterocycles. The number of amides is 1. The highest BCUT2D eigenvalue weighted by atomic mass is 127. The van der Waals surface area contributed by atoms with Crippen LogP contribution in [0.25, 0.3) is 0 Å². The van der Waals surface area contributed by atoms with Crippen molar-refractivity contribution in [3.05, 3.63) is 0 Å². The van der Waals surface area contributed by atoms with Crippen LogP contribution in [0.4, 0.5) is 0 Å². The van der Waals surface area contributed by atoms with Gasteiger partial charge >= 0.3 is 0 Å². The molecule has 2 rings (SSSR count). The SMILES string of the molecule is C[NH+]1CC[C@H](O)[C@H]1C(=O)N1CCNCC1.[I-]. The highest BCUT2D eigenvalue weighted by Crippen LogP contribution is 2.06. The van der Waals surface area contributed by atoms with Crippen LogP contribution in [0.3, 0.4) is 0 Å². The van der Waals surface area contributed by atoms with Gasteiger partial charge in [-0.1, -0.05) is 0 Å². The lowest BCUT2D eigenvalue weighted by molar-refractivity contribution is -0.884. The number of likely N-dealkylation sites (tertiary alicyclic amines) is 1. The number of carbonyl (C=O) groups excluding carboxylic acids is 1. The van der Waals surface area contributed by atoms with Crippen LogP contribution in [0, 0.1) is 0 Å². The van der Waals surface area contributed by atoms with Gasteiger partial charge in [0.25, 0.3) is 5.91 Å². The zero-order chi connectivity index (χ0) is 10.8. The van der Waals surface area contributed by atoms with Crippen LogP contribution in [0.5, 0.6) is 0 Å². The van der Waals surface area contributed by atoms with E-state index in [1.807, 2.05) is 11.9 Å². The van der Waals surface area contributed by atoms with Gasteiger partial charge in [0.05, 0.1) is 13.6 Å².